The van der Waals surface area contributed by atoms with Crippen LogP contribution in [0.15, 0.2) is 36.8 Å². The molecule has 0 atom stereocenters. The smallest absolute Gasteiger partial charge is 0.210 e. The molecule has 2 aromatic rings. The van der Waals surface area contributed by atoms with Crippen molar-refractivity contribution in [2.75, 3.05) is 12.4 Å². The van der Waals surface area contributed by atoms with E-state index in [9.17, 15) is 4.79 Å². The van der Waals surface area contributed by atoms with Gasteiger partial charge in [-0.2, -0.15) is 0 Å². The molecule has 1 heterocycles. The first-order valence-corrected chi connectivity index (χ1v) is 5.01. The lowest BCUT2D eigenvalue weighted by Crippen LogP contribution is -2.06. The molecular formula is C12H13N3O. The molecule has 0 radical (unpaired) electrons. The predicted octanol–water partition coefficient (Wildman–Crippen LogP) is 1.69. The molecule has 0 bridgehead atoms. The fourth-order valence-electron chi connectivity index (χ4n) is 1.51. The molecule has 16 heavy (non-hydrogen) atoms. The molecule has 0 aliphatic rings. The van der Waals surface area contributed by atoms with Gasteiger partial charge in [0.15, 0.2) is 0 Å². The van der Waals surface area contributed by atoms with E-state index in [2.05, 4.69) is 10.3 Å². The lowest BCUT2D eigenvalue weighted by Gasteiger charge is -2.03. The molecule has 0 aliphatic heterocycles. The maximum atomic E-state index is 12.0. The number of rotatable bonds is 3. The molecular weight excluding hydrogens is 202 g/mol. The van der Waals surface area contributed by atoms with Gasteiger partial charge in [0.05, 0.1) is 12.5 Å². The van der Waals surface area contributed by atoms with Crippen LogP contribution >= 0.6 is 0 Å². The molecule has 0 fully saturated rings. The van der Waals surface area contributed by atoms with Gasteiger partial charge in [0.2, 0.25) is 5.78 Å². The Kier molecular flexibility index (Phi) is 2.72. The maximum absolute atomic E-state index is 12.0. The van der Waals surface area contributed by atoms with Crippen LogP contribution in [0.2, 0.25) is 0 Å². The van der Waals surface area contributed by atoms with Crippen LogP contribution in [-0.2, 0) is 7.05 Å². The Hall–Kier alpha value is -2.10. The zero-order valence-corrected chi connectivity index (χ0v) is 9.27. The fraction of sp³-hybridized carbons (Fsp3) is 0.167. The fourth-order valence-corrected chi connectivity index (χ4v) is 1.51. The monoisotopic (exact) mass is 215 g/mol. The van der Waals surface area contributed by atoms with Gasteiger partial charge in [0, 0.05) is 25.3 Å². The first-order chi connectivity index (χ1) is 7.72. The van der Waals surface area contributed by atoms with Crippen molar-refractivity contribution in [1.29, 1.82) is 0 Å². The van der Waals surface area contributed by atoms with Gasteiger partial charge >= 0.3 is 0 Å². The minimum atomic E-state index is -0.0114. The van der Waals surface area contributed by atoms with Gasteiger partial charge in [0.25, 0.3) is 0 Å². The maximum Gasteiger partial charge on any atom is 0.210 e. The number of benzene rings is 1. The van der Waals surface area contributed by atoms with E-state index in [1.165, 1.54) is 0 Å². The highest BCUT2D eigenvalue weighted by Crippen LogP contribution is 2.12. The Morgan fingerprint density at radius 2 is 2.00 bits per heavy atom. The van der Waals surface area contributed by atoms with E-state index in [4.69, 9.17) is 0 Å². The Bertz CT molecular complexity index is 499. The van der Waals surface area contributed by atoms with E-state index < -0.39 is 0 Å². The standard InChI is InChI=1S/C12H13N3O/c1-13-10-5-3-9(4-6-10)12(16)11-7-14-8-15(11)2/h3-8,13H,1-2H3. The SMILES string of the molecule is CNc1ccc(C(=O)c2cncn2C)cc1. The van der Waals surface area contributed by atoms with Crippen molar-refractivity contribution in [3.05, 3.63) is 48.0 Å². The van der Waals surface area contributed by atoms with Crippen LogP contribution in [0.4, 0.5) is 5.69 Å². The minimum absolute atomic E-state index is 0.0114. The molecule has 2 rings (SSSR count). The zero-order chi connectivity index (χ0) is 11.5. The summed E-state index contributed by atoms with van der Waals surface area (Å²) in [5.41, 5.74) is 2.25. The van der Waals surface area contributed by atoms with Gasteiger partial charge in [-0.1, -0.05) is 0 Å². The van der Waals surface area contributed by atoms with Crippen molar-refractivity contribution >= 4 is 11.5 Å². The molecule has 4 heteroatoms. The van der Waals surface area contributed by atoms with Gasteiger partial charge in [-0.15, -0.1) is 0 Å². The van der Waals surface area contributed by atoms with Crippen LogP contribution in [0.25, 0.3) is 0 Å². The van der Waals surface area contributed by atoms with Crippen molar-refractivity contribution in [1.82, 2.24) is 9.55 Å². The second-order valence-electron chi connectivity index (χ2n) is 3.55. The summed E-state index contributed by atoms with van der Waals surface area (Å²) < 4.78 is 1.72. The number of carbonyl (C=O) groups is 1. The predicted molar refractivity (Wildman–Crippen MR) is 62.6 cm³/mol. The van der Waals surface area contributed by atoms with E-state index in [-0.39, 0.29) is 5.78 Å². The molecule has 4 nitrogen and oxygen atoms in total. The van der Waals surface area contributed by atoms with Crippen LogP contribution in [0.3, 0.4) is 0 Å². The summed E-state index contributed by atoms with van der Waals surface area (Å²) in [6.45, 7) is 0. The van der Waals surface area contributed by atoms with E-state index in [1.807, 2.05) is 26.2 Å². The van der Waals surface area contributed by atoms with Gasteiger partial charge in [0.1, 0.15) is 5.69 Å². The zero-order valence-electron chi connectivity index (χ0n) is 9.27. The number of nitrogens with one attached hydrogen (secondary N) is 1. The molecule has 0 spiro atoms. The molecule has 0 saturated carbocycles. The molecule has 82 valence electrons. The van der Waals surface area contributed by atoms with E-state index in [0.717, 1.165) is 5.69 Å². The average Bonchev–Trinajstić information content (AvgIpc) is 2.75. The van der Waals surface area contributed by atoms with Crippen molar-refractivity contribution in [3.63, 3.8) is 0 Å². The molecule has 1 aromatic carbocycles. The lowest BCUT2D eigenvalue weighted by atomic mass is 10.1. The summed E-state index contributed by atoms with van der Waals surface area (Å²) in [5, 5.41) is 3.01. The average molecular weight is 215 g/mol. The minimum Gasteiger partial charge on any atom is -0.388 e. The number of aromatic nitrogens is 2. The second-order valence-corrected chi connectivity index (χ2v) is 3.55. The third kappa shape index (κ3) is 1.82. The highest BCUT2D eigenvalue weighted by atomic mass is 16.1. The Morgan fingerprint density at radius 1 is 1.31 bits per heavy atom. The van der Waals surface area contributed by atoms with Gasteiger partial charge in [-0.05, 0) is 24.3 Å². The van der Waals surface area contributed by atoms with Crippen LogP contribution in [0.1, 0.15) is 16.1 Å². The number of anilines is 1. The van der Waals surface area contributed by atoms with Crippen LogP contribution in [0.5, 0.6) is 0 Å². The summed E-state index contributed by atoms with van der Waals surface area (Å²) in [6, 6.07) is 7.37. The molecule has 0 amide bonds. The van der Waals surface area contributed by atoms with Crippen LogP contribution in [0, 0.1) is 0 Å². The first kappa shape index (κ1) is 10.4. The van der Waals surface area contributed by atoms with E-state index in [1.54, 1.807) is 29.2 Å². The van der Waals surface area contributed by atoms with Crippen LogP contribution in [-0.4, -0.2) is 22.4 Å². The summed E-state index contributed by atoms with van der Waals surface area (Å²) in [4.78, 5) is 16.0. The summed E-state index contributed by atoms with van der Waals surface area (Å²) in [5.74, 6) is -0.0114. The lowest BCUT2D eigenvalue weighted by molar-refractivity contribution is 0.103. The largest absolute Gasteiger partial charge is 0.388 e. The Labute approximate surface area is 93.9 Å². The molecule has 1 N–H and O–H groups in total. The summed E-state index contributed by atoms with van der Waals surface area (Å²) in [7, 11) is 3.65. The number of ketones is 1. The number of carbonyl (C=O) groups excluding carboxylic acids is 1. The normalized spacial score (nSPS) is 10.1. The van der Waals surface area contributed by atoms with Gasteiger partial charge in [-0.3, -0.25) is 4.79 Å². The van der Waals surface area contributed by atoms with Crippen molar-refractivity contribution in [3.8, 4) is 0 Å². The quantitative estimate of drug-likeness (QED) is 0.792. The Morgan fingerprint density at radius 3 is 2.50 bits per heavy atom. The number of aryl methyl sites for hydroxylation is 1. The number of hydrogen-bond acceptors (Lipinski definition) is 3. The van der Waals surface area contributed by atoms with Crippen molar-refractivity contribution in [2.45, 2.75) is 0 Å². The number of imidazole rings is 1. The molecule has 1 aromatic heterocycles. The van der Waals surface area contributed by atoms with Crippen molar-refractivity contribution < 1.29 is 4.79 Å². The van der Waals surface area contributed by atoms with Gasteiger partial charge < -0.3 is 9.88 Å². The highest BCUT2D eigenvalue weighted by Gasteiger charge is 2.11. The Balaban J connectivity index is 2.31. The van der Waals surface area contributed by atoms with E-state index >= 15 is 0 Å². The first-order valence-electron chi connectivity index (χ1n) is 5.01. The molecule has 0 aliphatic carbocycles. The third-order valence-electron chi connectivity index (χ3n) is 2.49. The number of nitrogens with zero attached hydrogens (tertiary/aromatic N) is 2. The highest BCUT2D eigenvalue weighted by molar-refractivity contribution is 6.07. The number of hydrogen-bond donors (Lipinski definition) is 1. The summed E-state index contributed by atoms with van der Waals surface area (Å²) >= 11 is 0. The molecule has 0 saturated heterocycles. The van der Waals surface area contributed by atoms with Crippen LogP contribution < -0.4 is 5.32 Å². The third-order valence-corrected chi connectivity index (χ3v) is 2.49. The topological polar surface area (TPSA) is 46.9 Å². The second kappa shape index (κ2) is 4.18. The van der Waals surface area contributed by atoms with Gasteiger partial charge in [-0.25, -0.2) is 4.98 Å². The molecule has 0 unspecified atom stereocenters. The van der Waals surface area contributed by atoms with Crippen molar-refractivity contribution in [2.24, 2.45) is 7.05 Å². The summed E-state index contributed by atoms with van der Waals surface area (Å²) in [6.07, 6.45) is 3.20. The van der Waals surface area contributed by atoms with E-state index in [0.29, 0.717) is 11.3 Å².